The first-order valence-electron chi connectivity index (χ1n) is 5.63. The topological polar surface area (TPSA) is 45.2 Å². The lowest BCUT2D eigenvalue weighted by atomic mass is 10.3. The van der Waals surface area contributed by atoms with Crippen molar-refractivity contribution in [2.45, 2.75) is 26.5 Å². The first kappa shape index (κ1) is 14.0. The SMILES string of the molecule is Cc1nc(C)c(CNCC(O)c2ccc(Cl)s2)s1. The number of nitrogens with zero attached hydrogens (tertiary/aromatic N) is 1. The largest absolute Gasteiger partial charge is 0.386 e. The molecule has 98 valence electrons. The summed E-state index contributed by atoms with van der Waals surface area (Å²) in [5.74, 6) is 0. The molecule has 2 heterocycles. The van der Waals surface area contributed by atoms with Gasteiger partial charge in [0, 0.05) is 22.8 Å². The van der Waals surface area contributed by atoms with Gasteiger partial charge in [-0.3, -0.25) is 0 Å². The van der Waals surface area contributed by atoms with Crippen molar-refractivity contribution < 1.29 is 5.11 Å². The van der Waals surface area contributed by atoms with Gasteiger partial charge in [-0.2, -0.15) is 0 Å². The van der Waals surface area contributed by atoms with Crippen LogP contribution in [0.25, 0.3) is 0 Å². The van der Waals surface area contributed by atoms with E-state index >= 15 is 0 Å². The highest BCUT2D eigenvalue weighted by Gasteiger charge is 2.10. The lowest BCUT2D eigenvalue weighted by Crippen LogP contribution is -2.20. The van der Waals surface area contributed by atoms with Gasteiger partial charge in [-0.15, -0.1) is 22.7 Å². The minimum absolute atomic E-state index is 0.503. The van der Waals surface area contributed by atoms with Crippen LogP contribution >= 0.6 is 34.3 Å². The van der Waals surface area contributed by atoms with Crippen molar-refractivity contribution in [3.8, 4) is 0 Å². The molecule has 0 aliphatic carbocycles. The maximum absolute atomic E-state index is 9.96. The summed E-state index contributed by atoms with van der Waals surface area (Å²) >= 11 is 8.95. The molecule has 0 aliphatic rings. The zero-order valence-electron chi connectivity index (χ0n) is 10.2. The Balaban J connectivity index is 1.83. The van der Waals surface area contributed by atoms with Crippen molar-refractivity contribution in [1.82, 2.24) is 10.3 Å². The summed E-state index contributed by atoms with van der Waals surface area (Å²) in [4.78, 5) is 6.49. The summed E-state index contributed by atoms with van der Waals surface area (Å²) in [5, 5.41) is 14.3. The number of thiazole rings is 1. The predicted molar refractivity (Wildman–Crippen MR) is 77.6 cm³/mol. The molecular weight excluding hydrogens is 288 g/mol. The van der Waals surface area contributed by atoms with Gasteiger partial charge in [0.05, 0.1) is 15.0 Å². The summed E-state index contributed by atoms with van der Waals surface area (Å²) < 4.78 is 0.706. The number of aromatic nitrogens is 1. The highest BCUT2D eigenvalue weighted by Crippen LogP contribution is 2.26. The Morgan fingerprint density at radius 2 is 2.17 bits per heavy atom. The summed E-state index contributed by atoms with van der Waals surface area (Å²) in [6.45, 7) is 5.28. The third-order valence-electron chi connectivity index (χ3n) is 2.55. The number of aryl methyl sites for hydroxylation is 2. The third-order valence-corrected chi connectivity index (χ3v) is 4.95. The molecule has 0 saturated carbocycles. The molecule has 0 fully saturated rings. The Kier molecular flexibility index (Phi) is 4.75. The highest BCUT2D eigenvalue weighted by molar-refractivity contribution is 7.16. The molecule has 2 aromatic rings. The van der Waals surface area contributed by atoms with Crippen molar-refractivity contribution in [3.63, 3.8) is 0 Å². The quantitative estimate of drug-likeness (QED) is 0.891. The van der Waals surface area contributed by atoms with E-state index in [0.717, 1.165) is 22.1 Å². The number of aliphatic hydroxyl groups is 1. The monoisotopic (exact) mass is 302 g/mol. The lowest BCUT2D eigenvalue weighted by molar-refractivity contribution is 0.178. The van der Waals surface area contributed by atoms with Crippen LogP contribution < -0.4 is 5.32 Å². The van der Waals surface area contributed by atoms with Gasteiger partial charge in [0.2, 0.25) is 0 Å². The minimum atomic E-state index is -0.503. The molecule has 2 N–H and O–H groups in total. The van der Waals surface area contributed by atoms with Crippen molar-refractivity contribution in [1.29, 1.82) is 0 Å². The third kappa shape index (κ3) is 3.52. The van der Waals surface area contributed by atoms with Crippen LogP contribution in [0.5, 0.6) is 0 Å². The fraction of sp³-hybridized carbons (Fsp3) is 0.417. The molecule has 1 unspecified atom stereocenters. The molecule has 3 nitrogen and oxygen atoms in total. The smallest absolute Gasteiger partial charge is 0.101 e. The number of halogens is 1. The fourth-order valence-electron chi connectivity index (χ4n) is 1.67. The van der Waals surface area contributed by atoms with Gasteiger partial charge in [-0.25, -0.2) is 4.98 Å². The number of hydrogen-bond donors (Lipinski definition) is 2. The summed E-state index contributed by atoms with van der Waals surface area (Å²) in [6, 6.07) is 3.67. The van der Waals surface area contributed by atoms with Crippen LogP contribution in [-0.2, 0) is 6.54 Å². The fourth-order valence-corrected chi connectivity index (χ4v) is 3.62. The molecule has 0 radical (unpaired) electrons. The Hall–Kier alpha value is -0.460. The molecule has 0 saturated heterocycles. The van der Waals surface area contributed by atoms with E-state index in [1.54, 1.807) is 11.3 Å². The number of nitrogens with one attached hydrogen (secondary N) is 1. The zero-order chi connectivity index (χ0) is 13.1. The minimum Gasteiger partial charge on any atom is -0.386 e. The number of rotatable bonds is 5. The summed E-state index contributed by atoms with van der Waals surface area (Å²) in [6.07, 6.45) is -0.503. The average molecular weight is 303 g/mol. The first-order valence-corrected chi connectivity index (χ1v) is 7.64. The van der Waals surface area contributed by atoms with Crippen LogP contribution in [0.4, 0.5) is 0 Å². The van der Waals surface area contributed by atoms with E-state index in [9.17, 15) is 5.11 Å². The van der Waals surface area contributed by atoms with Crippen molar-refractivity contribution >= 4 is 34.3 Å². The normalized spacial score (nSPS) is 12.9. The van der Waals surface area contributed by atoms with Crippen molar-refractivity contribution in [2.75, 3.05) is 6.54 Å². The summed E-state index contributed by atoms with van der Waals surface area (Å²) in [7, 11) is 0. The van der Waals surface area contributed by atoms with E-state index in [4.69, 9.17) is 11.6 Å². The van der Waals surface area contributed by atoms with E-state index < -0.39 is 6.10 Å². The van der Waals surface area contributed by atoms with E-state index in [-0.39, 0.29) is 0 Å². The average Bonchev–Trinajstić information content (AvgIpc) is 2.86. The van der Waals surface area contributed by atoms with Crippen LogP contribution in [0.15, 0.2) is 12.1 Å². The molecule has 0 aromatic carbocycles. The van der Waals surface area contributed by atoms with E-state index in [1.807, 2.05) is 26.0 Å². The van der Waals surface area contributed by atoms with Gasteiger partial charge in [0.1, 0.15) is 6.10 Å². The summed E-state index contributed by atoms with van der Waals surface area (Å²) in [5.41, 5.74) is 1.07. The van der Waals surface area contributed by atoms with E-state index in [0.29, 0.717) is 10.9 Å². The molecule has 0 aliphatic heterocycles. The molecule has 0 bridgehead atoms. The number of hydrogen-bond acceptors (Lipinski definition) is 5. The standard InChI is InChI=1S/C12H15ClN2OS2/c1-7-11(17-8(2)15-7)6-14-5-9(16)10-3-4-12(13)18-10/h3-4,9,14,16H,5-6H2,1-2H3. The predicted octanol–water partition coefficient (Wildman–Crippen LogP) is 3.30. The van der Waals surface area contributed by atoms with Gasteiger partial charge in [0.15, 0.2) is 0 Å². The van der Waals surface area contributed by atoms with E-state index in [1.165, 1.54) is 16.2 Å². The number of thiophene rings is 1. The molecule has 18 heavy (non-hydrogen) atoms. The molecule has 0 spiro atoms. The van der Waals surface area contributed by atoms with E-state index in [2.05, 4.69) is 10.3 Å². The van der Waals surface area contributed by atoms with Crippen LogP contribution in [0, 0.1) is 13.8 Å². The highest BCUT2D eigenvalue weighted by atomic mass is 35.5. The second-order valence-electron chi connectivity index (χ2n) is 4.03. The maximum atomic E-state index is 9.96. The Morgan fingerprint density at radius 1 is 1.39 bits per heavy atom. The van der Waals surface area contributed by atoms with Crippen LogP contribution in [-0.4, -0.2) is 16.6 Å². The Morgan fingerprint density at radius 3 is 2.72 bits per heavy atom. The Labute approximate surface area is 119 Å². The zero-order valence-corrected chi connectivity index (χ0v) is 12.6. The molecule has 0 amide bonds. The Bertz CT molecular complexity index is 524. The van der Waals surface area contributed by atoms with Crippen LogP contribution in [0.1, 0.15) is 26.6 Å². The van der Waals surface area contributed by atoms with Gasteiger partial charge in [0.25, 0.3) is 0 Å². The van der Waals surface area contributed by atoms with Crippen LogP contribution in [0.3, 0.4) is 0 Å². The molecule has 1 atom stereocenters. The molecule has 6 heteroatoms. The van der Waals surface area contributed by atoms with Gasteiger partial charge < -0.3 is 10.4 Å². The number of aliphatic hydroxyl groups excluding tert-OH is 1. The van der Waals surface area contributed by atoms with Gasteiger partial charge in [-0.05, 0) is 26.0 Å². The molecule has 2 aromatic heterocycles. The maximum Gasteiger partial charge on any atom is 0.101 e. The van der Waals surface area contributed by atoms with Crippen molar-refractivity contribution in [3.05, 3.63) is 36.9 Å². The second-order valence-corrected chi connectivity index (χ2v) is 7.06. The van der Waals surface area contributed by atoms with Crippen LogP contribution in [0.2, 0.25) is 4.34 Å². The molecular formula is C12H15ClN2OS2. The lowest BCUT2D eigenvalue weighted by Gasteiger charge is -2.09. The molecule has 2 rings (SSSR count). The van der Waals surface area contributed by atoms with Gasteiger partial charge in [-0.1, -0.05) is 11.6 Å². The first-order chi connectivity index (χ1) is 8.56. The van der Waals surface area contributed by atoms with Crippen molar-refractivity contribution in [2.24, 2.45) is 0 Å². The second kappa shape index (κ2) is 6.12. The van der Waals surface area contributed by atoms with Gasteiger partial charge >= 0.3 is 0 Å².